The van der Waals surface area contributed by atoms with Gasteiger partial charge in [0.25, 0.3) is 5.91 Å². The van der Waals surface area contributed by atoms with Crippen molar-refractivity contribution in [1.82, 2.24) is 20.0 Å². The summed E-state index contributed by atoms with van der Waals surface area (Å²) in [7, 11) is 3.00. The van der Waals surface area contributed by atoms with Crippen LogP contribution in [0.3, 0.4) is 0 Å². The number of esters is 2. The van der Waals surface area contributed by atoms with E-state index in [1.54, 1.807) is 48.5 Å². The first-order valence-corrected chi connectivity index (χ1v) is 18.5. The number of rotatable bonds is 8. The molecule has 2 aliphatic rings. The fraction of sp³-hybridized carbons (Fsp3) is 0.650. The van der Waals surface area contributed by atoms with Crippen molar-refractivity contribution in [2.75, 3.05) is 20.6 Å². The smallest absolute Gasteiger partial charge is 0.329 e. The first kappa shape index (κ1) is 42.0. The van der Waals surface area contributed by atoms with Crippen LogP contribution >= 0.6 is 0 Å². The van der Waals surface area contributed by atoms with Crippen molar-refractivity contribution in [1.29, 1.82) is 0 Å². The lowest BCUT2D eigenvalue weighted by Gasteiger charge is -2.36. The number of nitrogens with one attached hydrogen (secondary N) is 1. The van der Waals surface area contributed by atoms with Gasteiger partial charge in [-0.15, -0.1) is 12.3 Å². The summed E-state index contributed by atoms with van der Waals surface area (Å²) in [5.74, 6) is -2.95. The summed E-state index contributed by atoms with van der Waals surface area (Å²) in [6.07, 6.45) is 5.39. The van der Waals surface area contributed by atoms with E-state index in [0.717, 1.165) is 5.56 Å². The van der Waals surface area contributed by atoms with Gasteiger partial charge in [0.15, 0.2) is 6.10 Å². The Morgan fingerprint density at radius 3 is 1.96 bits per heavy atom. The Bertz CT molecular complexity index is 1470. The molecule has 286 valence electrons. The van der Waals surface area contributed by atoms with Crippen LogP contribution in [0, 0.1) is 36.0 Å². The second kappa shape index (κ2) is 18.9. The molecule has 0 unspecified atom stereocenters. The zero-order valence-corrected chi connectivity index (χ0v) is 32.3. The van der Waals surface area contributed by atoms with E-state index in [9.17, 15) is 28.8 Å². The van der Waals surface area contributed by atoms with Crippen LogP contribution in [0.4, 0.5) is 0 Å². The van der Waals surface area contributed by atoms with Gasteiger partial charge in [0.2, 0.25) is 17.7 Å². The molecule has 0 spiro atoms. The number of nitrogens with zero attached hydrogens (tertiary/aromatic N) is 3. The van der Waals surface area contributed by atoms with Gasteiger partial charge in [0.05, 0.1) is 5.92 Å². The molecular weight excluding hydrogens is 664 g/mol. The molecular formula is C40H58N4O8. The van der Waals surface area contributed by atoms with Gasteiger partial charge in [-0.05, 0) is 49.0 Å². The number of terminal acetylenes is 1. The molecule has 0 aromatic heterocycles. The van der Waals surface area contributed by atoms with Crippen molar-refractivity contribution in [3.05, 3.63) is 35.9 Å². The zero-order valence-electron chi connectivity index (χ0n) is 32.3. The topological polar surface area (TPSA) is 143 Å². The number of benzene rings is 1. The van der Waals surface area contributed by atoms with E-state index in [4.69, 9.17) is 15.9 Å². The molecule has 4 amide bonds. The number of cyclic esters (lactones) is 2. The third-order valence-electron chi connectivity index (χ3n) is 10.2. The Kier molecular flexibility index (Phi) is 15.3. The van der Waals surface area contributed by atoms with Crippen LogP contribution < -0.4 is 5.32 Å². The fourth-order valence-electron chi connectivity index (χ4n) is 7.18. The van der Waals surface area contributed by atoms with Crippen molar-refractivity contribution in [3.8, 4) is 12.3 Å². The van der Waals surface area contributed by atoms with Gasteiger partial charge in [-0.2, -0.15) is 0 Å². The molecule has 1 aromatic carbocycles. The van der Waals surface area contributed by atoms with Crippen LogP contribution in [0.5, 0.6) is 0 Å². The summed E-state index contributed by atoms with van der Waals surface area (Å²) in [5, 5.41) is 2.86. The maximum absolute atomic E-state index is 14.4. The van der Waals surface area contributed by atoms with E-state index < -0.39 is 83.8 Å². The molecule has 0 radical (unpaired) electrons. The summed E-state index contributed by atoms with van der Waals surface area (Å²) < 4.78 is 12.1. The first-order valence-electron chi connectivity index (χ1n) is 18.5. The molecule has 1 aromatic rings. The van der Waals surface area contributed by atoms with Gasteiger partial charge in [0, 0.05) is 33.5 Å². The minimum Gasteiger partial charge on any atom is -0.460 e. The molecule has 2 saturated heterocycles. The first-order chi connectivity index (χ1) is 24.5. The number of unbranched alkanes of at least 4 members (excludes halogenated alkanes) is 1. The monoisotopic (exact) mass is 722 g/mol. The standard InChI is InChI=1S/C40H58N4O8/c1-11-12-14-21-30-27(8)35(45)41-32(24(2)3)38(48)43(10)34(26(6)7)40(50)52-31(23-28-18-15-13-16-19-28)37(47)44-22-17-20-29(44)36(46)42(9)33(25(4)5)39(49)51-30/h1,13,15-16,18-19,24-27,29-34H,12,14,17,20-23H2,2-10H3,(H,41,45)/t27-,29-,30-,31+,32+,33-,34+/m0/s1. The molecule has 0 aliphatic carbocycles. The van der Waals surface area contributed by atoms with Crippen molar-refractivity contribution in [2.45, 2.75) is 123 Å². The number of hydrogen-bond acceptors (Lipinski definition) is 8. The largest absolute Gasteiger partial charge is 0.460 e. The number of ether oxygens (including phenoxy) is 2. The van der Waals surface area contributed by atoms with E-state index in [2.05, 4.69) is 11.2 Å². The molecule has 12 nitrogen and oxygen atoms in total. The highest BCUT2D eigenvalue weighted by atomic mass is 16.6. The van der Waals surface area contributed by atoms with E-state index in [1.165, 1.54) is 28.8 Å². The molecule has 0 saturated carbocycles. The van der Waals surface area contributed by atoms with E-state index in [1.807, 2.05) is 30.3 Å². The summed E-state index contributed by atoms with van der Waals surface area (Å²) in [6.45, 7) is 12.6. The molecule has 1 N–H and O–H groups in total. The molecule has 52 heavy (non-hydrogen) atoms. The van der Waals surface area contributed by atoms with Crippen LogP contribution in [0.25, 0.3) is 0 Å². The maximum atomic E-state index is 14.4. The predicted octanol–water partition coefficient (Wildman–Crippen LogP) is 3.60. The van der Waals surface area contributed by atoms with Crippen molar-refractivity contribution in [2.24, 2.45) is 23.7 Å². The highest BCUT2D eigenvalue weighted by Gasteiger charge is 2.45. The summed E-state index contributed by atoms with van der Waals surface area (Å²) in [6, 6.07) is 5.06. The lowest BCUT2D eigenvalue weighted by molar-refractivity contribution is -0.169. The number of likely N-dealkylation sites (N-methyl/N-ethyl adjacent to an activating group) is 2. The van der Waals surface area contributed by atoms with Crippen LogP contribution in [0.1, 0.15) is 86.1 Å². The average Bonchev–Trinajstić information content (AvgIpc) is 3.58. The second-order valence-electron chi connectivity index (χ2n) is 15.2. The normalized spacial score (nSPS) is 27.5. The van der Waals surface area contributed by atoms with E-state index in [-0.39, 0.29) is 31.2 Å². The van der Waals surface area contributed by atoms with E-state index in [0.29, 0.717) is 25.7 Å². The average molecular weight is 723 g/mol. The zero-order chi connectivity index (χ0) is 38.9. The minimum atomic E-state index is -1.29. The SMILES string of the molecule is C#CCCC[C@@H]1OC(=O)[C@H](C(C)C)N(C)C(=O)[C@@H]2CCCN2C(=O)[C@@H](Cc2ccccc2)OC(=O)[C@@H](C(C)C)N(C)C(=O)[C@@H](C(C)C)NC(=O)[C@H]1C. The van der Waals surface area contributed by atoms with Gasteiger partial charge < -0.3 is 29.5 Å². The number of hydrogen-bond donors (Lipinski definition) is 1. The van der Waals surface area contributed by atoms with Gasteiger partial charge in [0.1, 0.15) is 30.3 Å². The van der Waals surface area contributed by atoms with Crippen LogP contribution in [0.15, 0.2) is 30.3 Å². The van der Waals surface area contributed by atoms with Gasteiger partial charge in [-0.3, -0.25) is 19.2 Å². The number of carbonyl (C=O) groups excluding carboxylic acids is 6. The molecule has 7 atom stereocenters. The van der Waals surface area contributed by atoms with Crippen molar-refractivity contribution >= 4 is 35.6 Å². The number of fused-ring (bicyclic) bond motifs is 1. The highest BCUT2D eigenvalue weighted by molar-refractivity contribution is 5.95. The maximum Gasteiger partial charge on any atom is 0.329 e. The Labute approximate surface area is 309 Å². The molecule has 2 aliphatic heterocycles. The summed E-state index contributed by atoms with van der Waals surface area (Å²) in [4.78, 5) is 88.7. The van der Waals surface area contributed by atoms with Crippen molar-refractivity contribution < 1.29 is 38.2 Å². The number of amides is 4. The molecule has 2 heterocycles. The van der Waals surface area contributed by atoms with Crippen LogP contribution in [-0.2, 0) is 44.7 Å². The molecule has 2 fully saturated rings. The van der Waals surface area contributed by atoms with Gasteiger partial charge in [-0.25, -0.2) is 9.59 Å². The van der Waals surface area contributed by atoms with Crippen LogP contribution in [0.2, 0.25) is 0 Å². The predicted molar refractivity (Wildman–Crippen MR) is 196 cm³/mol. The third-order valence-corrected chi connectivity index (χ3v) is 10.2. The second-order valence-corrected chi connectivity index (χ2v) is 15.2. The summed E-state index contributed by atoms with van der Waals surface area (Å²) in [5.41, 5.74) is 0.743. The van der Waals surface area contributed by atoms with Crippen molar-refractivity contribution in [3.63, 3.8) is 0 Å². The Morgan fingerprint density at radius 2 is 1.40 bits per heavy atom. The quantitative estimate of drug-likeness (QED) is 0.244. The van der Waals surface area contributed by atoms with Crippen LogP contribution in [-0.4, -0.2) is 107 Å². The lowest BCUT2D eigenvalue weighted by atomic mass is 9.95. The molecule has 0 bridgehead atoms. The van der Waals surface area contributed by atoms with Gasteiger partial charge >= 0.3 is 11.9 Å². The molecule has 12 heteroatoms. The number of carbonyl (C=O) groups is 6. The fourth-order valence-corrected chi connectivity index (χ4v) is 7.18. The van der Waals surface area contributed by atoms with Gasteiger partial charge in [-0.1, -0.05) is 78.8 Å². The Morgan fingerprint density at radius 1 is 0.827 bits per heavy atom. The third kappa shape index (κ3) is 10.1. The van der Waals surface area contributed by atoms with E-state index >= 15 is 0 Å². The summed E-state index contributed by atoms with van der Waals surface area (Å²) >= 11 is 0. The Hall–Kier alpha value is -4.40. The Balaban J connectivity index is 2.17. The molecule has 3 rings (SSSR count). The lowest BCUT2D eigenvalue weighted by Crippen LogP contribution is -2.57. The minimum absolute atomic E-state index is 0.0473. The highest BCUT2D eigenvalue weighted by Crippen LogP contribution is 2.27.